The number of benzene rings is 2. The summed E-state index contributed by atoms with van der Waals surface area (Å²) in [6.07, 6.45) is 1.53. The lowest BCUT2D eigenvalue weighted by Crippen LogP contribution is -2.07. The van der Waals surface area contributed by atoms with Crippen molar-refractivity contribution in [1.29, 1.82) is 5.26 Å². The van der Waals surface area contributed by atoms with Gasteiger partial charge in [0.1, 0.15) is 5.82 Å². The fourth-order valence-electron chi connectivity index (χ4n) is 1.97. The van der Waals surface area contributed by atoms with Gasteiger partial charge < -0.3 is 4.74 Å². The van der Waals surface area contributed by atoms with Crippen molar-refractivity contribution in [3.63, 3.8) is 0 Å². The summed E-state index contributed by atoms with van der Waals surface area (Å²) in [5.41, 5.74) is 1.44. The van der Waals surface area contributed by atoms with Crippen molar-refractivity contribution in [1.82, 2.24) is 0 Å². The van der Waals surface area contributed by atoms with E-state index in [0.717, 1.165) is 0 Å². The van der Waals surface area contributed by atoms with Gasteiger partial charge in [-0.2, -0.15) is 5.26 Å². The Balaban J connectivity index is 1.94. The lowest BCUT2D eigenvalue weighted by Gasteiger charge is -1.99. The highest BCUT2D eigenvalue weighted by Crippen LogP contribution is 2.20. The molecule has 0 spiro atoms. The third-order valence-corrected chi connectivity index (χ3v) is 3.07. The molecule has 2 aromatic carbocycles. The summed E-state index contributed by atoms with van der Waals surface area (Å²) in [5, 5.41) is 8.74. The van der Waals surface area contributed by atoms with Crippen molar-refractivity contribution in [2.75, 3.05) is 0 Å². The number of hydrogen-bond acceptors (Lipinski definition) is 4. The first kappa shape index (κ1) is 13.7. The zero-order chi connectivity index (χ0) is 15.5. The van der Waals surface area contributed by atoms with Crippen molar-refractivity contribution in [2.24, 2.45) is 4.99 Å². The third kappa shape index (κ3) is 2.63. The van der Waals surface area contributed by atoms with E-state index >= 15 is 0 Å². The smallest absolute Gasteiger partial charge is 0.363 e. The summed E-state index contributed by atoms with van der Waals surface area (Å²) in [7, 11) is 0. The van der Waals surface area contributed by atoms with E-state index in [1.807, 2.05) is 6.07 Å². The van der Waals surface area contributed by atoms with Crippen molar-refractivity contribution >= 4 is 17.9 Å². The number of cyclic esters (lactones) is 1. The molecule has 1 heterocycles. The second-order valence-electron chi connectivity index (χ2n) is 4.55. The minimum Gasteiger partial charge on any atom is -0.402 e. The largest absolute Gasteiger partial charge is 0.402 e. The topological polar surface area (TPSA) is 62.4 Å². The minimum atomic E-state index is -0.636. The van der Waals surface area contributed by atoms with Gasteiger partial charge in [-0.1, -0.05) is 24.3 Å². The molecule has 0 radical (unpaired) electrons. The van der Waals surface area contributed by atoms with E-state index in [0.29, 0.717) is 11.1 Å². The monoisotopic (exact) mass is 292 g/mol. The van der Waals surface area contributed by atoms with Gasteiger partial charge in [-0.3, -0.25) is 0 Å². The number of carbonyl (C=O) groups excluding carboxylic acids is 1. The second kappa shape index (κ2) is 5.62. The lowest BCUT2D eigenvalue weighted by molar-refractivity contribution is -0.129. The fourth-order valence-corrected chi connectivity index (χ4v) is 1.97. The van der Waals surface area contributed by atoms with Gasteiger partial charge in [0.2, 0.25) is 5.90 Å². The molecule has 1 aliphatic heterocycles. The molecule has 0 aliphatic carbocycles. The van der Waals surface area contributed by atoms with Crippen molar-refractivity contribution < 1.29 is 13.9 Å². The van der Waals surface area contributed by atoms with Gasteiger partial charge in [0, 0.05) is 0 Å². The zero-order valence-electron chi connectivity index (χ0n) is 11.3. The molecule has 0 saturated heterocycles. The summed E-state index contributed by atoms with van der Waals surface area (Å²) in [4.78, 5) is 15.9. The molecule has 0 aromatic heterocycles. The molecule has 0 amide bonds. The lowest BCUT2D eigenvalue weighted by atomic mass is 10.1. The van der Waals surface area contributed by atoms with Crippen molar-refractivity contribution in [3.8, 4) is 6.07 Å². The van der Waals surface area contributed by atoms with E-state index in [2.05, 4.69) is 4.99 Å². The fraction of sp³-hybridized carbons (Fsp3) is 0. The molecule has 0 unspecified atom stereocenters. The Morgan fingerprint density at radius 1 is 1.14 bits per heavy atom. The minimum absolute atomic E-state index is 0.0528. The summed E-state index contributed by atoms with van der Waals surface area (Å²) in [6.45, 7) is 0. The van der Waals surface area contributed by atoms with Crippen LogP contribution in [-0.4, -0.2) is 11.9 Å². The van der Waals surface area contributed by atoms with Crippen LogP contribution in [0.1, 0.15) is 16.7 Å². The van der Waals surface area contributed by atoms with Gasteiger partial charge in [0.15, 0.2) is 5.70 Å². The maximum Gasteiger partial charge on any atom is 0.363 e. The number of carbonyl (C=O) groups is 1. The van der Waals surface area contributed by atoms with Crippen molar-refractivity contribution in [3.05, 3.63) is 76.7 Å². The molecular formula is C17H9FN2O2. The summed E-state index contributed by atoms with van der Waals surface area (Å²) in [5.74, 6) is -1.20. The first-order valence-corrected chi connectivity index (χ1v) is 6.45. The van der Waals surface area contributed by atoms with Crippen LogP contribution in [0.15, 0.2) is 59.2 Å². The SMILES string of the molecule is N#Cc1ccc(/C=C2\N=C(c3ccccc3F)OC2=O)cc1. The average Bonchev–Trinajstić information content (AvgIpc) is 2.89. The molecule has 5 heteroatoms. The molecular weight excluding hydrogens is 283 g/mol. The zero-order valence-corrected chi connectivity index (χ0v) is 11.3. The average molecular weight is 292 g/mol. The van der Waals surface area contributed by atoms with Crippen LogP contribution >= 0.6 is 0 Å². The molecule has 0 atom stereocenters. The summed E-state index contributed by atoms with van der Waals surface area (Å²) >= 11 is 0. The summed E-state index contributed by atoms with van der Waals surface area (Å²) in [6, 6.07) is 14.6. The number of rotatable bonds is 2. The van der Waals surface area contributed by atoms with Gasteiger partial charge in [0.05, 0.1) is 17.2 Å². The normalized spacial score (nSPS) is 15.4. The van der Waals surface area contributed by atoms with Crippen LogP contribution in [0.3, 0.4) is 0 Å². The first-order chi connectivity index (χ1) is 10.7. The van der Waals surface area contributed by atoms with Crippen LogP contribution in [0.4, 0.5) is 4.39 Å². The summed E-state index contributed by atoms with van der Waals surface area (Å²) < 4.78 is 18.7. The highest BCUT2D eigenvalue weighted by Gasteiger charge is 2.25. The predicted molar refractivity (Wildman–Crippen MR) is 78.2 cm³/mol. The Hall–Kier alpha value is -3.26. The van der Waals surface area contributed by atoms with Crippen LogP contribution in [0.25, 0.3) is 6.08 Å². The maximum absolute atomic E-state index is 13.7. The van der Waals surface area contributed by atoms with E-state index in [9.17, 15) is 9.18 Å². The molecule has 0 bridgehead atoms. The van der Waals surface area contributed by atoms with Crippen LogP contribution < -0.4 is 0 Å². The first-order valence-electron chi connectivity index (χ1n) is 6.45. The molecule has 22 heavy (non-hydrogen) atoms. The van der Waals surface area contributed by atoms with Crippen LogP contribution in [0, 0.1) is 17.1 Å². The number of esters is 1. The van der Waals surface area contributed by atoms with E-state index < -0.39 is 11.8 Å². The standard InChI is InChI=1S/C17H9FN2O2/c18-14-4-2-1-3-13(14)16-20-15(17(21)22-16)9-11-5-7-12(10-19)8-6-11/h1-9H/b15-9-. The van der Waals surface area contributed by atoms with E-state index in [1.165, 1.54) is 18.2 Å². The molecule has 0 saturated carbocycles. The molecule has 4 nitrogen and oxygen atoms in total. The van der Waals surface area contributed by atoms with Crippen LogP contribution in [0.5, 0.6) is 0 Å². The van der Waals surface area contributed by atoms with Crippen LogP contribution in [-0.2, 0) is 9.53 Å². The third-order valence-electron chi connectivity index (χ3n) is 3.07. The van der Waals surface area contributed by atoms with Crippen LogP contribution in [0.2, 0.25) is 0 Å². The van der Waals surface area contributed by atoms with Gasteiger partial charge >= 0.3 is 5.97 Å². The quantitative estimate of drug-likeness (QED) is 0.631. The Kier molecular flexibility index (Phi) is 3.50. The van der Waals surface area contributed by atoms with E-state index in [-0.39, 0.29) is 17.2 Å². The molecule has 0 fully saturated rings. The number of nitriles is 1. The van der Waals surface area contributed by atoms with Gasteiger partial charge in [-0.25, -0.2) is 14.2 Å². The number of halogens is 1. The molecule has 2 aromatic rings. The Labute approximate surface area is 125 Å². The Bertz CT molecular complexity index is 846. The van der Waals surface area contributed by atoms with Gasteiger partial charge in [0.25, 0.3) is 0 Å². The second-order valence-corrected chi connectivity index (χ2v) is 4.55. The predicted octanol–water partition coefficient (Wildman–Crippen LogP) is 3.04. The Morgan fingerprint density at radius 2 is 1.86 bits per heavy atom. The molecule has 3 rings (SSSR count). The number of aliphatic imine (C=N–C) groups is 1. The van der Waals surface area contributed by atoms with Gasteiger partial charge in [-0.15, -0.1) is 0 Å². The van der Waals surface area contributed by atoms with Crippen molar-refractivity contribution in [2.45, 2.75) is 0 Å². The number of ether oxygens (including phenoxy) is 1. The highest BCUT2D eigenvalue weighted by molar-refractivity contribution is 6.12. The number of nitrogens with zero attached hydrogens (tertiary/aromatic N) is 2. The van der Waals surface area contributed by atoms with E-state index in [4.69, 9.17) is 10.00 Å². The Morgan fingerprint density at radius 3 is 2.55 bits per heavy atom. The molecule has 1 aliphatic rings. The highest BCUT2D eigenvalue weighted by atomic mass is 19.1. The maximum atomic E-state index is 13.7. The molecule has 0 N–H and O–H groups in total. The van der Waals surface area contributed by atoms with E-state index in [1.54, 1.807) is 36.4 Å². The molecule has 106 valence electrons. The number of hydrogen-bond donors (Lipinski definition) is 0. The van der Waals surface area contributed by atoms with Gasteiger partial charge in [-0.05, 0) is 35.9 Å².